The van der Waals surface area contributed by atoms with Crippen molar-refractivity contribution in [2.75, 3.05) is 6.54 Å². The Morgan fingerprint density at radius 2 is 1.95 bits per heavy atom. The molecule has 0 saturated carbocycles. The number of thiophene rings is 1. The number of benzene rings is 1. The molecule has 0 spiro atoms. The Kier molecular flexibility index (Phi) is 5.28. The Balaban J connectivity index is 2.41. The van der Waals surface area contributed by atoms with Crippen molar-refractivity contribution in [1.82, 2.24) is 5.32 Å². The third-order valence-electron chi connectivity index (χ3n) is 3.09. The van der Waals surface area contributed by atoms with E-state index >= 15 is 0 Å². The van der Waals surface area contributed by atoms with E-state index in [9.17, 15) is 0 Å². The van der Waals surface area contributed by atoms with Crippen LogP contribution in [-0.4, -0.2) is 6.54 Å². The molecule has 1 heterocycles. The molecule has 102 valence electrons. The molecular formula is C15H17Cl2NS. The van der Waals surface area contributed by atoms with E-state index < -0.39 is 0 Å². The molecule has 1 nitrogen and oxygen atoms in total. The lowest BCUT2D eigenvalue weighted by Crippen LogP contribution is -2.23. The van der Waals surface area contributed by atoms with Gasteiger partial charge >= 0.3 is 0 Å². The van der Waals surface area contributed by atoms with Crippen LogP contribution < -0.4 is 5.32 Å². The van der Waals surface area contributed by atoms with Gasteiger partial charge in [-0.3, -0.25) is 0 Å². The summed E-state index contributed by atoms with van der Waals surface area (Å²) in [5.41, 5.74) is 3.58. The molecule has 4 heteroatoms. The molecule has 1 unspecified atom stereocenters. The van der Waals surface area contributed by atoms with Crippen LogP contribution in [0.3, 0.4) is 0 Å². The third kappa shape index (κ3) is 3.51. The normalized spacial score (nSPS) is 12.6. The smallest absolute Gasteiger partial charge is 0.0995 e. The van der Waals surface area contributed by atoms with Crippen LogP contribution in [-0.2, 0) is 0 Å². The fourth-order valence-electron chi connectivity index (χ4n) is 2.14. The zero-order valence-corrected chi connectivity index (χ0v) is 13.4. The van der Waals surface area contributed by atoms with E-state index in [1.54, 1.807) is 0 Å². The number of aryl methyl sites for hydroxylation is 1. The summed E-state index contributed by atoms with van der Waals surface area (Å²) in [6.45, 7) is 5.23. The van der Waals surface area contributed by atoms with E-state index in [0.29, 0.717) is 0 Å². The lowest BCUT2D eigenvalue weighted by atomic mass is 9.97. The lowest BCUT2D eigenvalue weighted by molar-refractivity contribution is 0.598. The van der Waals surface area contributed by atoms with Gasteiger partial charge in [-0.1, -0.05) is 54.4 Å². The minimum atomic E-state index is 0.109. The van der Waals surface area contributed by atoms with Crippen LogP contribution in [0.25, 0.3) is 0 Å². The molecule has 19 heavy (non-hydrogen) atoms. The van der Waals surface area contributed by atoms with Gasteiger partial charge in [-0.2, -0.15) is 0 Å². The lowest BCUT2D eigenvalue weighted by Gasteiger charge is -2.20. The van der Waals surface area contributed by atoms with Crippen LogP contribution in [0.5, 0.6) is 0 Å². The molecule has 0 bridgehead atoms. The molecular weight excluding hydrogens is 297 g/mol. The molecule has 0 aliphatic heterocycles. The number of halogens is 2. The molecule has 0 aliphatic rings. The number of hydrogen-bond acceptors (Lipinski definition) is 2. The second-order valence-electron chi connectivity index (χ2n) is 4.52. The maximum absolute atomic E-state index is 6.32. The largest absolute Gasteiger partial charge is 0.306 e. The first kappa shape index (κ1) is 14.9. The van der Waals surface area contributed by atoms with Gasteiger partial charge in [-0.05, 0) is 37.1 Å². The van der Waals surface area contributed by atoms with Gasteiger partial charge in [-0.15, -0.1) is 11.3 Å². The highest BCUT2D eigenvalue weighted by Crippen LogP contribution is 2.38. The molecule has 2 aromatic rings. The molecule has 1 aromatic carbocycles. The summed E-state index contributed by atoms with van der Waals surface area (Å²) in [4.78, 5) is 0. The van der Waals surface area contributed by atoms with Gasteiger partial charge in [0.25, 0.3) is 0 Å². The zero-order valence-electron chi connectivity index (χ0n) is 11.0. The maximum atomic E-state index is 6.32. The number of hydrogen-bond donors (Lipinski definition) is 1. The topological polar surface area (TPSA) is 12.0 Å². The predicted octanol–water partition coefficient (Wildman–Crippen LogP) is 5.45. The van der Waals surface area contributed by atoms with Crippen molar-refractivity contribution in [2.45, 2.75) is 26.3 Å². The Labute approximate surface area is 128 Å². The van der Waals surface area contributed by atoms with Crippen LogP contribution in [0.4, 0.5) is 0 Å². The van der Waals surface area contributed by atoms with Crippen LogP contribution in [0.1, 0.15) is 36.1 Å². The molecule has 1 N–H and O–H groups in total. The van der Waals surface area contributed by atoms with Crippen LogP contribution in [0, 0.1) is 6.92 Å². The van der Waals surface area contributed by atoms with Gasteiger partial charge in [-0.25, -0.2) is 0 Å². The standard InChI is InChI=1S/C15H17Cl2NS/c1-3-8-18-14(11-7-5-4-6-10(11)2)12-9-13(16)19-15(12)17/h4-7,9,14,18H,3,8H2,1-2H3. The monoisotopic (exact) mass is 313 g/mol. The fourth-order valence-corrected chi connectivity index (χ4v) is 3.67. The Morgan fingerprint density at radius 1 is 1.21 bits per heavy atom. The van der Waals surface area contributed by atoms with E-state index in [4.69, 9.17) is 23.2 Å². The SMILES string of the molecule is CCCNC(c1ccccc1C)c1cc(Cl)sc1Cl. The molecule has 2 rings (SSSR count). The van der Waals surface area contributed by atoms with Crippen LogP contribution in [0.15, 0.2) is 30.3 Å². The molecule has 0 radical (unpaired) electrons. The van der Waals surface area contributed by atoms with Gasteiger partial charge in [0, 0.05) is 5.56 Å². The highest BCUT2D eigenvalue weighted by Gasteiger charge is 2.20. The Morgan fingerprint density at radius 3 is 2.53 bits per heavy atom. The number of rotatable bonds is 5. The number of nitrogens with one attached hydrogen (secondary N) is 1. The van der Waals surface area contributed by atoms with Crippen molar-refractivity contribution >= 4 is 34.5 Å². The minimum Gasteiger partial charge on any atom is -0.306 e. The first-order chi connectivity index (χ1) is 9.13. The van der Waals surface area contributed by atoms with Crippen LogP contribution in [0.2, 0.25) is 8.67 Å². The molecule has 0 amide bonds. The molecule has 0 saturated heterocycles. The summed E-state index contributed by atoms with van der Waals surface area (Å²) >= 11 is 13.8. The molecule has 0 fully saturated rings. The Hall–Kier alpha value is -0.540. The predicted molar refractivity (Wildman–Crippen MR) is 85.7 cm³/mol. The van der Waals surface area contributed by atoms with Gasteiger partial charge in [0.1, 0.15) is 0 Å². The first-order valence-corrected chi connectivity index (χ1v) is 7.94. The summed E-state index contributed by atoms with van der Waals surface area (Å²) in [5.74, 6) is 0. The second kappa shape index (κ2) is 6.76. The summed E-state index contributed by atoms with van der Waals surface area (Å²) in [5, 5.41) is 3.56. The van der Waals surface area contributed by atoms with E-state index in [1.807, 2.05) is 6.07 Å². The average Bonchev–Trinajstić information content (AvgIpc) is 2.71. The maximum Gasteiger partial charge on any atom is 0.0995 e. The summed E-state index contributed by atoms with van der Waals surface area (Å²) in [7, 11) is 0. The van der Waals surface area contributed by atoms with Gasteiger partial charge < -0.3 is 5.32 Å². The highest BCUT2D eigenvalue weighted by atomic mass is 35.5. The van der Waals surface area contributed by atoms with Crippen molar-refractivity contribution in [3.8, 4) is 0 Å². The Bertz CT molecular complexity index is 551. The van der Waals surface area contributed by atoms with Gasteiger partial charge in [0.05, 0.1) is 14.7 Å². The van der Waals surface area contributed by atoms with E-state index in [-0.39, 0.29) is 6.04 Å². The van der Waals surface area contributed by atoms with Crippen molar-refractivity contribution in [3.63, 3.8) is 0 Å². The average molecular weight is 314 g/mol. The summed E-state index contributed by atoms with van der Waals surface area (Å²) < 4.78 is 1.50. The van der Waals surface area contributed by atoms with Gasteiger partial charge in [0.2, 0.25) is 0 Å². The molecule has 1 aromatic heterocycles. The van der Waals surface area contributed by atoms with Crippen molar-refractivity contribution in [3.05, 3.63) is 55.7 Å². The van der Waals surface area contributed by atoms with Crippen molar-refractivity contribution in [2.24, 2.45) is 0 Å². The zero-order chi connectivity index (χ0) is 13.8. The van der Waals surface area contributed by atoms with Crippen molar-refractivity contribution < 1.29 is 0 Å². The minimum absolute atomic E-state index is 0.109. The highest BCUT2D eigenvalue weighted by molar-refractivity contribution is 7.20. The molecule has 0 aliphatic carbocycles. The summed E-state index contributed by atoms with van der Waals surface area (Å²) in [6.07, 6.45) is 1.08. The van der Waals surface area contributed by atoms with E-state index in [2.05, 4.69) is 43.4 Å². The quantitative estimate of drug-likeness (QED) is 0.773. The summed E-state index contributed by atoms with van der Waals surface area (Å²) in [6, 6.07) is 10.5. The second-order valence-corrected chi connectivity index (χ2v) is 6.81. The third-order valence-corrected chi connectivity index (χ3v) is 4.61. The first-order valence-electron chi connectivity index (χ1n) is 6.37. The van der Waals surface area contributed by atoms with E-state index in [1.165, 1.54) is 22.5 Å². The fraction of sp³-hybridized carbons (Fsp3) is 0.333. The van der Waals surface area contributed by atoms with Crippen LogP contribution >= 0.6 is 34.5 Å². The molecule has 1 atom stereocenters. The van der Waals surface area contributed by atoms with E-state index in [0.717, 1.165) is 27.2 Å². The van der Waals surface area contributed by atoms with Crippen molar-refractivity contribution in [1.29, 1.82) is 0 Å². The van der Waals surface area contributed by atoms with Gasteiger partial charge in [0.15, 0.2) is 0 Å².